The first-order chi connectivity index (χ1) is 11.7. The van der Waals surface area contributed by atoms with Gasteiger partial charge in [-0.1, -0.05) is 0 Å². The molecule has 0 radical (unpaired) electrons. The Morgan fingerprint density at radius 3 is 3.04 bits per heavy atom. The quantitative estimate of drug-likeness (QED) is 0.920. The van der Waals surface area contributed by atoms with Crippen LogP contribution in [-0.4, -0.2) is 45.5 Å². The molecule has 0 unspecified atom stereocenters. The molecule has 1 atom stereocenters. The Labute approximate surface area is 139 Å². The lowest BCUT2D eigenvalue weighted by Crippen LogP contribution is -2.39. The zero-order valence-electron chi connectivity index (χ0n) is 13.6. The molecule has 1 N–H and O–H groups in total. The van der Waals surface area contributed by atoms with Crippen LogP contribution in [0.25, 0.3) is 0 Å². The van der Waals surface area contributed by atoms with Gasteiger partial charge in [-0.2, -0.15) is 0 Å². The van der Waals surface area contributed by atoms with Gasteiger partial charge >= 0.3 is 5.69 Å². The summed E-state index contributed by atoms with van der Waals surface area (Å²) in [6.07, 6.45) is 4.92. The molecule has 1 fully saturated rings. The van der Waals surface area contributed by atoms with Gasteiger partial charge in [0, 0.05) is 37.1 Å². The average Bonchev–Trinajstić information content (AvgIpc) is 2.62. The Bertz CT molecular complexity index is 774. The van der Waals surface area contributed by atoms with Gasteiger partial charge < -0.3 is 14.6 Å². The van der Waals surface area contributed by atoms with E-state index in [1.54, 1.807) is 29.3 Å². The number of nitrogens with one attached hydrogen (secondary N) is 1. The molecule has 7 nitrogen and oxygen atoms in total. The molecule has 0 bridgehead atoms. The minimum Gasteiger partial charge on any atom is -0.477 e. The summed E-state index contributed by atoms with van der Waals surface area (Å²) in [7, 11) is 0. The first-order valence-corrected chi connectivity index (χ1v) is 8.11. The fourth-order valence-electron chi connectivity index (χ4n) is 3.01. The number of hydrogen-bond donors (Lipinski definition) is 1. The van der Waals surface area contributed by atoms with E-state index in [0.717, 1.165) is 18.5 Å². The van der Waals surface area contributed by atoms with Gasteiger partial charge in [-0.05, 0) is 38.0 Å². The number of pyridine rings is 1. The number of carbonyl (C=O) groups is 1. The second kappa shape index (κ2) is 7.25. The summed E-state index contributed by atoms with van der Waals surface area (Å²) < 4.78 is 5.46. The van der Waals surface area contributed by atoms with Crippen LogP contribution in [0.15, 0.2) is 35.4 Å². The van der Waals surface area contributed by atoms with Crippen molar-refractivity contribution >= 4 is 5.91 Å². The standard InChI is InChI=1S/C17H20N4O3/c1-2-24-15-13(6-3-8-18-15)16(22)21-10-4-5-12(11-21)14-7-9-19-17(23)20-14/h3,6-9,12H,2,4-5,10-11H2,1H3,(H,19,20,23)/t12-/m0/s1. The molecule has 0 saturated carbocycles. The maximum atomic E-state index is 12.9. The fraction of sp³-hybridized carbons (Fsp3) is 0.412. The minimum absolute atomic E-state index is 0.0901. The summed E-state index contributed by atoms with van der Waals surface area (Å²) in [6, 6.07) is 5.27. The van der Waals surface area contributed by atoms with Crippen LogP contribution in [0.3, 0.4) is 0 Å². The summed E-state index contributed by atoms with van der Waals surface area (Å²) in [4.78, 5) is 36.6. The summed E-state index contributed by atoms with van der Waals surface area (Å²) in [5, 5.41) is 0. The third-order valence-corrected chi connectivity index (χ3v) is 4.13. The molecule has 3 heterocycles. The molecule has 1 saturated heterocycles. The van der Waals surface area contributed by atoms with Gasteiger partial charge in [-0.15, -0.1) is 0 Å². The van der Waals surface area contributed by atoms with Crippen LogP contribution in [0, 0.1) is 0 Å². The maximum Gasteiger partial charge on any atom is 0.345 e. The summed E-state index contributed by atoms with van der Waals surface area (Å²) in [6.45, 7) is 3.56. The van der Waals surface area contributed by atoms with Crippen LogP contribution < -0.4 is 10.4 Å². The van der Waals surface area contributed by atoms with Gasteiger partial charge in [0.05, 0.1) is 6.61 Å². The topological polar surface area (TPSA) is 88.2 Å². The van der Waals surface area contributed by atoms with E-state index in [0.29, 0.717) is 31.1 Å². The zero-order chi connectivity index (χ0) is 16.9. The SMILES string of the molecule is CCOc1ncccc1C(=O)N1CCC[C@H](c2ccnc(=O)[nH]2)C1. The molecule has 0 aromatic carbocycles. The van der Waals surface area contributed by atoms with E-state index in [1.807, 2.05) is 6.92 Å². The highest BCUT2D eigenvalue weighted by molar-refractivity contribution is 5.96. The third kappa shape index (κ3) is 3.45. The molecule has 7 heteroatoms. The molecule has 2 aromatic heterocycles. The largest absolute Gasteiger partial charge is 0.477 e. The smallest absolute Gasteiger partial charge is 0.345 e. The number of aromatic amines is 1. The van der Waals surface area contributed by atoms with Crippen LogP contribution in [-0.2, 0) is 0 Å². The van der Waals surface area contributed by atoms with E-state index >= 15 is 0 Å². The van der Waals surface area contributed by atoms with E-state index in [-0.39, 0.29) is 17.5 Å². The number of likely N-dealkylation sites (tertiary alicyclic amines) is 1. The first kappa shape index (κ1) is 16.2. The molecule has 1 amide bonds. The van der Waals surface area contributed by atoms with E-state index < -0.39 is 0 Å². The lowest BCUT2D eigenvalue weighted by Gasteiger charge is -2.32. The Morgan fingerprint density at radius 1 is 1.38 bits per heavy atom. The monoisotopic (exact) mass is 328 g/mol. The number of H-pyrrole nitrogens is 1. The number of carbonyl (C=O) groups excluding carboxylic acids is 1. The lowest BCUT2D eigenvalue weighted by molar-refractivity contribution is 0.0700. The highest BCUT2D eigenvalue weighted by Crippen LogP contribution is 2.27. The minimum atomic E-state index is -0.359. The highest BCUT2D eigenvalue weighted by atomic mass is 16.5. The molecule has 0 spiro atoms. The molecule has 0 aliphatic carbocycles. The molecule has 3 rings (SSSR count). The Balaban J connectivity index is 1.80. The third-order valence-electron chi connectivity index (χ3n) is 4.13. The van der Waals surface area contributed by atoms with Crippen LogP contribution >= 0.6 is 0 Å². The van der Waals surface area contributed by atoms with Crippen molar-refractivity contribution in [2.75, 3.05) is 19.7 Å². The van der Waals surface area contributed by atoms with E-state index in [2.05, 4.69) is 15.0 Å². The molecule has 126 valence electrons. The molecule has 24 heavy (non-hydrogen) atoms. The van der Waals surface area contributed by atoms with Crippen LogP contribution in [0.5, 0.6) is 5.88 Å². The fourth-order valence-corrected chi connectivity index (χ4v) is 3.01. The second-order valence-electron chi connectivity index (χ2n) is 5.71. The number of ether oxygens (including phenoxy) is 1. The Hall–Kier alpha value is -2.70. The second-order valence-corrected chi connectivity index (χ2v) is 5.71. The van der Waals surface area contributed by atoms with Crippen molar-refractivity contribution in [3.8, 4) is 5.88 Å². The van der Waals surface area contributed by atoms with Gasteiger partial charge in [0.1, 0.15) is 5.56 Å². The highest BCUT2D eigenvalue weighted by Gasteiger charge is 2.27. The van der Waals surface area contributed by atoms with Crippen molar-refractivity contribution < 1.29 is 9.53 Å². The molecular weight excluding hydrogens is 308 g/mol. The van der Waals surface area contributed by atoms with Gasteiger partial charge in [0.2, 0.25) is 5.88 Å². The number of rotatable bonds is 4. The normalized spacial score (nSPS) is 17.5. The predicted molar refractivity (Wildman–Crippen MR) is 88.1 cm³/mol. The maximum absolute atomic E-state index is 12.9. The molecule has 2 aromatic rings. The van der Waals surface area contributed by atoms with E-state index in [4.69, 9.17) is 4.74 Å². The Morgan fingerprint density at radius 2 is 2.25 bits per heavy atom. The molecule has 1 aliphatic heterocycles. The number of amides is 1. The van der Waals surface area contributed by atoms with Gasteiger partial charge in [-0.25, -0.2) is 14.8 Å². The Kier molecular flexibility index (Phi) is 4.88. The average molecular weight is 328 g/mol. The van der Waals surface area contributed by atoms with Gasteiger partial charge in [0.15, 0.2) is 0 Å². The van der Waals surface area contributed by atoms with Crippen molar-refractivity contribution in [2.24, 2.45) is 0 Å². The number of nitrogens with zero attached hydrogens (tertiary/aromatic N) is 3. The van der Waals surface area contributed by atoms with Gasteiger partial charge in [0.25, 0.3) is 5.91 Å². The van der Waals surface area contributed by atoms with E-state index in [1.165, 1.54) is 6.20 Å². The summed E-state index contributed by atoms with van der Waals surface area (Å²) in [5.41, 5.74) is 0.939. The van der Waals surface area contributed by atoms with Crippen molar-refractivity contribution in [3.05, 3.63) is 52.3 Å². The molecule has 1 aliphatic rings. The predicted octanol–water partition coefficient (Wildman–Crippen LogP) is 1.58. The van der Waals surface area contributed by atoms with Crippen LogP contribution in [0.1, 0.15) is 41.7 Å². The van der Waals surface area contributed by atoms with E-state index in [9.17, 15) is 9.59 Å². The molecular formula is C17H20N4O3. The van der Waals surface area contributed by atoms with Gasteiger partial charge in [-0.3, -0.25) is 4.79 Å². The van der Waals surface area contributed by atoms with Crippen LogP contribution in [0.2, 0.25) is 0 Å². The lowest BCUT2D eigenvalue weighted by atomic mass is 9.94. The van der Waals surface area contributed by atoms with Crippen LogP contribution in [0.4, 0.5) is 0 Å². The number of hydrogen-bond acceptors (Lipinski definition) is 5. The number of piperidine rings is 1. The van der Waals surface area contributed by atoms with Crippen molar-refractivity contribution in [3.63, 3.8) is 0 Å². The van der Waals surface area contributed by atoms with Crippen molar-refractivity contribution in [1.29, 1.82) is 0 Å². The van der Waals surface area contributed by atoms with Crippen molar-refractivity contribution in [2.45, 2.75) is 25.7 Å². The first-order valence-electron chi connectivity index (χ1n) is 8.11. The summed E-state index contributed by atoms with van der Waals surface area (Å²) in [5.74, 6) is 0.378. The zero-order valence-corrected chi connectivity index (χ0v) is 13.6. The van der Waals surface area contributed by atoms with Crippen molar-refractivity contribution in [1.82, 2.24) is 19.9 Å². The summed E-state index contributed by atoms with van der Waals surface area (Å²) >= 11 is 0. The number of aromatic nitrogens is 3.